The minimum absolute atomic E-state index is 0.0355. The number of aryl methyl sites for hydroxylation is 2. The molecule has 2 aromatic carbocycles. The summed E-state index contributed by atoms with van der Waals surface area (Å²) in [4.78, 5) is 21.8. The van der Waals surface area contributed by atoms with Gasteiger partial charge in [-0.05, 0) is 51.2 Å². The summed E-state index contributed by atoms with van der Waals surface area (Å²) in [6, 6.07) is 10.4. The summed E-state index contributed by atoms with van der Waals surface area (Å²) in [6.07, 6.45) is 1.12. The van der Waals surface area contributed by atoms with E-state index in [9.17, 15) is 13.2 Å². The van der Waals surface area contributed by atoms with Gasteiger partial charge in [0.05, 0.1) is 20.7 Å². The van der Waals surface area contributed by atoms with E-state index in [1.807, 2.05) is 45.0 Å². The number of thiazole rings is 1. The van der Waals surface area contributed by atoms with Crippen molar-refractivity contribution < 1.29 is 13.2 Å². The molecule has 29 heavy (non-hydrogen) atoms. The normalized spacial score (nSPS) is 11.9. The van der Waals surface area contributed by atoms with Gasteiger partial charge in [0.1, 0.15) is 0 Å². The van der Waals surface area contributed by atoms with Crippen LogP contribution in [0, 0.1) is 13.8 Å². The van der Waals surface area contributed by atoms with Crippen molar-refractivity contribution in [2.45, 2.75) is 18.7 Å². The average molecular weight is 432 g/mol. The van der Waals surface area contributed by atoms with Crippen molar-refractivity contribution in [2.24, 2.45) is 0 Å². The predicted molar refractivity (Wildman–Crippen MR) is 119 cm³/mol. The lowest BCUT2D eigenvalue weighted by Gasteiger charge is -2.23. The van der Waals surface area contributed by atoms with Crippen molar-refractivity contribution in [3.63, 3.8) is 0 Å². The summed E-state index contributed by atoms with van der Waals surface area (Å²) < 4.78 is 25.5. The molecule has 0 atom stereocenters. The third-order valence-corrected chi connectivity index (χ3v) is 7.06. The van der Waals surface area contributed by atoms with Crippen LogP contribution in [0.4, 0.5) is 5.13 Å². The number of sulfone groups is 1. The number of carbonyl (C=O) groups excluding carboxylic acids is 1. The van der Waals surface area contributed by atoms with E-state index in [1.165, 1.54) is 17.4 Å². The van der Waals surface area contributed by atoms with E-state index in [0.29, 0.717) is 18.2 Å². The van der Waals surface area contributed by atoms with Gasteiger partial charge in [-0.1, -0.05) is 35.6 Å². The second kappa shape index (κ2) is 8.22. The second-order valence-corrected chi connectivity index (χ2v) is 10.4. The third-order valence-electron chi connectivity index (χ3n) is 4.69. The molecule has 0 fully saturated rings. The van der Waals surface area contributed by atoms with Crippen LogP contribution in [0.2, 0.25) is 0 Å². The maximum atomic E-state index is 13.5. The van der Waals surface area contributed by atoms with E-state index in [0.717, 1.165) is 27.6 Å². The van der Waals surface area contributed by atoms with Crippen molar-refractivity contribution in [2.75, 3.05) is 38.3 Å². The maximum Gasteiger partial charge on any atom is 0.261 e. The number of nitrogens with zero attached hydrogens (tertiary/aromatic N) is 3. The molecule has 8 heteroatoms. The minimum atomic E-state index is -3.54. The van der Waals surface area contributed by atoms with Crippen LogP contribution in [0.15, 0.2) is 41.3 Å². The van der Waals surface area contributed by atoms with E-state index < -0.39 is 9.84 Å². The van der Waals surface area contributed by atoms with Gasteiger partial charge in [-0.3, -0.25) is 9.69 Å². The first-order valence-corrected chi connectivity index (χ1v) is 11.9. The molecule has 3 rings (SSSR count). The molecular formula is C21H25N3O3S2. The van der Waals surface area contributed by atoms with Crippen LogP contribution in [0.1, 0.15) is 21.5 Å². The smallest absolute Gasteiger partial charge is 0.261 e. The van der Waals surface area contributed by atoms with Crippen LogP contribution in [0.5, 0.6) is 0 Å². The standard InChI is InChI=1S/C21H25N3O3S2/c1-14-10-11-15(2)19-18(14)22-21(28-19)24(13-12-23(3)4)20(25)16-8-6-7-9-17(16)29(5,26)27/h6-11H,12-13H2,1-5H3. The van der Waals surface area contributed by atoms with E-state index in [-0.39, 0.29) is 16.4 Å². The van der Waals surface area contributed by atoms with Crippen molar-refractivity contribution in [3.05, 3.63) is 53.1 Å². The first-order chi connectivity index (χ1) is 13.6. The largest absolute Gasteiger partial charge is 0.308 e. The van der Waals surface area contributed by atoms with Crippen molar-refractivity contribution in [1.82, 2.24) is 9.88 Å². The molecule has 0 radical (unpaired) electrons. The van der Waals surface area contributed by atoms with Crippen LogP contribution in [-0.4, -0.2) is 57.6 Å². The van der Waals surface area contributed by atoms with Gasteiger partial charge < -0.3 is 4.90 Å². The number of rotatable bonds is 6. The van der Waals surface area contributed by atoms with E-state index >= 15 is 0 Å². The molecule has 0 aliphatic heterocycles. The van der Waals surface area contributed by atoms with Crippen LogP contribution in [-0.2, 0) is 9.84 Å². The highest BCUT2D eigenvalue weighted by Gasteiger charge is 2.26. The number of anilines is 1. The van der Waals surface area contributed by atoms with Gasteiger partial charge in [-0.25, -0.2) is 13.4 Å². The molecule has 0 aliphatic rings. The zero-order chi connectivity index (χ0) is 21.3. The highest BCUT2D eigenvalue weighted by atomic mass is 32.2. The van der Waals surface area contributed by atoms with Crippen LogP contribution < -0.4 is 4.90 Å². The van der Waals surface area contributed by atoms with Crippen molar-refractivity contribution >= 4 is 42.4 Å². The Bertz CT molecular complexity index is 1130. The maximum absolute atomic E-state index is 13.5. The number of aromatic nitrogens is 1. The molecule has 0 saturated carbocycles. The molecule has 0 aliphatic carbocycles. The molecule has 3 aromatic rings. The summed E-state index contributed by atoms with van der Waals surface area (Å²) in [6.45, 7) is 5.05. The number of benzene rings is 2. The number of amides is 1. The van der Waals surface area contributed by atoms with Crippen molar-refractivity contribution in [3.8, 4) is 0 Å². The lowest BCUT2D eigenvalue weighted by Crippen LogP contribution is -2.37. The van der Waals surface area contributed by atoms with E-state index in [4.69, 9.17) is 4.98 Å². The Hall–Kier alpha value is -2.29. The fourth-order valence-electron chi connectivity index (χ4n) is 3.06. The van der Waals surface area contributed by atoms with Crippen LogP contribution in [0.3, 0.4) is 0 Å². The van der Waals surface area contributed by atoms with Gasteiger partial charge in [0.25, 0.3) is 5.91 Å². The number of likely N-dealkylation sites (N-methyl/N-ethyl adjacent to an activating group) is 1. The quantitative estimate of drug-likeness (QED) is 0.597. The lowest BCUT2D eigenvalue weighted by molar-refractivity contribution is 0.0982. The lowest BCUT2D eigenvalue weighted by atomic mass is 10.1. The molecule has 1 amide bonds. The molecule has 0 bridgehead atoms. The Kier molecular flexibility index (Phi) is 6.07. The highest BCUT2D eigenvalue weighted by Crippen LogP contribution is 2.34. The Balaban J connectivity index is 2.13. The number of hydrogen-bond donors (Lipinski definition) is 0. The van der Waals surface area contributed by atoms with Gasteiger partial charge in [0.15, 0.2) is 15.0 Å². The Labute approximate surface area is 175 Å². The summed E-state index contributed by atoms with van der Waals surface area (Å²) in [5.74, 6) is -0.359. The topological polar surface area (TPSA) is 70.6 Å². The Morgan fingerprint density at radius 2 is 1.69 bits per heavy atom. The van der Waals surface area contributed by atoms with Crippen LogP contribution >= 0.6 is 11.3 Å². The summed E-state index contributed by atoms with van der Waals surface area (Å²) in [5.41, 5.74) is 3.20. The van der Waals surface area contributed by atoms with E-state index in [1.54, 1.807) is 23.1 Å². The van der Waals surface area contributed by atoms with Gasteiger partial charge in [-0.15, -0.1) is 0 Å². The molecule has 1 heterocycles. The first kappa shape index (κ1) is 21.4. The number of fused-ring (bicyclic) bond motifs is 1. The number of hydrogen-bond acceptors (Lipinski definition) is 6. The first-order valence-electron chi connectivity index (χ1n) is 9.22. The number of carbonyl (C=O) groups is 1. The fourth-order valence-corrected chi connectivity index (χ4v) is 5.08. The molecule has 0 unspecified atom stereocenters. The summed E-state index contributed by atoms with van der Waals surface area (Å²) in [5, 5.41) is 0.576. The monoisotopic (exact) mass is 431 g/mol. The minimum Gasteiger partial charge on any atom is -0.308 e. The Morgan fingerprint density at radius 3 is 2.31 bits per heavy atom. The molecule has 1 aromatic heterocycles. The average Bonchev–Trinajstić information content (AvgIpc) is 3.10. The van der Waals surface area contributed by atoms with Gasteiger partial charge in [-0.2, -0.15) is 0 Å². The van der Waals surface area contributed by atoms with Gasteiger partial charge in [0, 0.05) is 19.3 Å². The third kappa shape index (κ3) is 4.49. The highest BCUT2D eigenvalue weighted by molar-refractivity contribution is 7.90. The fraction of sp³-hybridized carbons (Fsp3) is 0.333. The van der Waals surface area contributed by atoms with E-state index in [2.05, 4.69) is 0 Å². The van der Waals surface area contributed by atoms with Crippen LogP contribution in [0.25, 0.3) is 10.2 Å². The zero-order valence-electron chi connectivity index (χ0n) is 17.3. The predicted octanol–water partition coefficient (Wildman–Crippen LogP) is 3.53. The second-order valence-electron chi connectivity index (χ2n) is 7.40. The molecule has 0 N–H and O–H groups in total. The molecule has 6 nitrogen and oxygen atoms in total. The van der Waals surface area contributed by atoms with Gasteiger partial charge in [0.2, 0.25) is 0 Å². The molecule has 154 valence electrons. The summed E-state index contributed by atoms with van der Waals surface area (Å²) in [7, 11) is 0.322. The SMILES string of the molecule is Cc1ccc(C)c2sc(N(CCN(C)C)C(=O)c3ccccc3S(C)(=O)=O)nc12. The van der Waals surface area contributed by atoms with Gasteiger partial charge >= 0.3 is 0 Å². The Morgan fingerprint density at radius 1 is 1.03 bits per heavy atom. The zero-order valence-corrected chi connectivity index (χ0v) is 18.9. The van der Waals surface area contributed by atoms with Crippen molar-refractivity contribution in [1.29, 1.82) is 0 Å². The molecule has 0 spiro atoms. The molecule has 0 saturated heterocycles. The molecular weight excluding hydrogens is 406 g/mol. The summed E-state index contributed by atoms with van der Waals surface area (Å²) >= 11 is 1.46.